The number of nitrogens with zero attached hydrogens (tertiary/aromatic N) is 3. The lowest BCUT2D eigenvalue weighted by atomic mass is 9.95. The van der Waals surface area contributed by atoms with Gasteiger partial charge >= 0.3 is 0 Å². The monoisotopic (exact) mass is 400 g/mol. The van der Waals surface area contributed by atoms with Crippen molar-refractivity contribution in [3.63, 3.8) is 0 Å². The van der Waals surface area contributed by atoms with Crippen LogP contribution in [0.15, 0.2) is 30.6 Å². The number of halogens is 1. The van der Waals surface area contributed by atoms with Crippen LogP contribution < -0.4 is 0 Å². The van der Waals surface area contributed by atoms with Crippen molar-refractivity contribution >= 4 is 0 Å². The number of H-pyrrole nitrogens is 1. The Morgan fingerprint density at radius 3 is 2.72 bits per heavy atom. The average Bonchev–Trinajstić information content (AvgIpc) is 3.37. The first-order valence-electron chi connectivity index (χ1n) is 11.0. The van der Waals surface area contributed by atoms with Crippen LogP contribution in [0, 0.1) is 18.7 Å². The summed E-state index contributed by atoms with van der Waals surface area (Å²) in [7, 11) is 0. The van der Waals surface area contributed by atoms with Crippen LogP contribution in [0.3, 0.4) is 0 Å². The zero-order valence-corrected chi connectivity index (χ0v) is 17.4. The van der Waals surface area contributed by atoms with E-state index in [0.29, 0.717) is 18.6 Å². The summed E-state index contributed by atoms with van der Waals surface area (Å²) < 4.78 is 19.8. The number of hydrogen-bond acceptors (Lipinski definition) is 4. The van der Waals surface area contributed by atoms with E-state index in [-0.39, 0.29) is 5.82 Å². The molecule has 5 nitrogen and oxygen atoms in total. The summed E-state index contributed by atoms with van der Waals surface area (Å²) in [6.07, 6.45) is 6.81. The molecule has 158 valence electrons. The molecule has 6 heteroatoms. The van der Waals surface area contributed by atoms with Crippen LogP contribution in [0.2, 0.25) is 0 Å². The third-order valence-corrected chi connectivity index (χ3v) is 6.37. The summed E-state index contributed by atoms with van der Waals surface area (Å²) in [5.41, 5.74) is 3.10. The van der Waals surface area contributed by atoms with Gasteiger partial charge in [0.25, 0.3) is 0 Å². The summed E-state index contributed by atoms with van der Waals surface area (Å²) in [6, 6.07) is 7.14. The van der Waals surface area contributed by atoms with Crippen LogP contribution in [0.5, 0.6) is 0 Å². The molecule has 1 aromatic heterocycles. The number of aromatic amines is 1. The molecule has 1 atom stereocenters. The van der Waals surface area contributed by atoms with Crippen LogP contribution >= 0.6 is 0 Å². The van der Waals surface area contributed by atoms with Crippen LogP contribution in [-0.4, -0.2) is 58.7 Å². The molecule has 1 N–H and O–H groups in total. The van der Waals surface area contributed by atoms with Crippen LogP contribution in [0.25, 0.3) is 0 Å². The van der Waals surface area contributed by atoms with E-state index >= 15 is 0 Å². The lowest BCUT2D eigenvalue weighted by Crippen LogP contribution is -2.40. The summed E-state index contributed by atoms with van der Waals surface area (Å²) in [4.78, 5) is 12.6. The molecular weight excluding hydrogens is 367 g/mol. The van der Waals surface area contributed by atoms with E-state index in [0.717, 1.165) is 75.5 Å². The average molecular weight is 401 g/mol. The molecule has 4 rings (SSSR count). The van der Waals surface area contributed by atoms with Gasteiger partial charge in [0.15, 0.2) is 0 Å². The first-order valence-corrected chi connectivity index (χ1v) is 11.0. The van der Waals surface area contributed by atoms with Crippen molar-refractivity contribution < 1.29 is 9.13 Å². The molecule has 2 aliphatic heterocycles. The Hall–Kier alpha value is -1.76. The topological polar surface area (TPSA) is 44.4 Å². The first kappa shape index (κ1) is 20.5. The van der Waals surface area contributed by atoms with Gasteiger partial charge < -0.3 is 9.72 Å². The van der Waals surface area contributed by atoms with Gasteiger partial charge in [-0.15, -0.1) is 0 Å². The van der Waals surface area contributed by atoms with Gasteiger partial charge in [0.1, 0.15) is 5.82 Å². The quantitative estimate of drug-likeness (QED) is 0.733. The van der Waals surface area contributed by atoms with Gasteiger partial charge in [-0.3, -0.25) is 9.80 Å². The molecule has 29 heavy (non-hydrogen) atoms. The number of ether oxygens (including phenoxy) is 1. The van der Waals surface area contributed by atoms with Crippen molar-refractivity contribution in [3.8, 4) is 0 Å². The van der Waals surface area contributed by atoms with Crippen LogP contribution in [-0.2, 0) is 17.8 Å². The number of hydrogen-bond donors (Lipinski definition) is 1. The summed E-state index contributed by atoms with van der Waals surface area (Å²) in [6.45, 7) is 8.72. The highest BCUT2D eigenvalue weighted by atomic mass is 19.1. The zero-order chi connectivity index (χ0) is 20.1. The van der Waals surface area contributed by atoms with Gasteiger partial charge in [-0.1, -0.05) is 18.2 Å². The number of benzene rings is 1. The fourth-order valence-electron chi connectivity index (χ4n) is 4.60. The Balaban J connectivity index is 1.30. The second-order valence-corrected chi connectivity index (χ2v) is 8.61. The smallest absolute Gasteiger partial charge is 0.127 e. The predicted octanol–water partition coefficient (Wildman–Crippen LogP) is 3.75. The molecule has 0 saturated carbocycles. The highest BCUT2D eigenvalue weighted by Crippen LogP contribution is 2.23. The number of piperidine rings is 1. The molecule has 2 aliphatic rings. The van der Waals surface area contributed by atoms with Crippen LogP contribution in [0.4, 0.5) is 4.39 Å². The zero-order valence-electron chi connectivity index (χ0n) is 17.4. The second kappa shape index (κ2) is 9.83. The van der Waals surface area contributed by atoms with E-state index in [1.165, 1.54) is 6.42 Å². The summed E-state index contributed by atoms with van der Waals surface area (Å²) in [5.74, 6) is 0.583. The van der Waals surface area contributed by atoms with Crippen molar-refractivity contribution in [3.05, 3.63) is 53.4 Å². The maximum absolute atomic E-state index is 13.9. The standard InChI is InChI=1S/C23H33FN4O/c1-18-23(26-17-25-18)16-28(15-21-6-4-12-29-21)13-19-8-10-27(11-9-19)14-20-5-2-3-7-22(20)24/h2-3,5,7,17,19,21H,4,6,8-16H2,1H3,(H,25,26). The van der Waals surface area contributed by atoms with Crippen molar-refractivity contribution in [1.82, 2.24) is 19.8 Å². The number of rotatable bonds is 8. The minimum Gasteiger partial charge on any atom is -0.377 e. The normalized spacial score (nSPS) is 21.3. The maximum Gasteiger partial charge on any atom is 0.127 e. The molecule has 0 amide bonds. The molecule has 3 heterocycles. The van der Waals surface area contributed by atoms with Crippen molar-refractivity contribution in [2.75, 3.05) is 32.8 Å². The molecule has 1 unspecified atom stereocenters. The highest BCUT2D eigenvalue weighted by molar-refractivity contribution is 5.17. The Bertz CT molecular complexity index is 766. The van der Waals surface area contributed by atoms with E-state index in [1.807, 2.05) is 12.1 Å². The van der Waals surface area contributed by atoms with Gasteiger partial charge in [-0.25, -0.2) is 9.37 Å². The SMILES string of the molecule is Cc1[nH]cnc1CN(CC1CCN(Cc2ccccc2F)CC1)CC1CCCO1. The van der Waals surface area contributed by atoms with E-state index < -0.39 is 0 Å². The van der Waals surface area contributed by atoms with E-state index in [1.54, 1.807) is 18.5 Å². The molecule has 1 aromatic carbocycles. The Labute approximate surface area is 173 Å². The molecule has 2 aromatic rings. The molecule has 0 aliphatic carbocycles. The maximum atomic E-state index is 13.9. The minimum atomic E-state index is -0.0910. The van der Waals surface area contributed by atoms with E-state index in [9.17, 15) is 4.39 Å². The van der Waals surface area contributed by atoms with Gasteiger partial charge in [0.2, 0.25) is 0 Å². The lowest BCUT2D eigenvalue weighted by Gasteiger charge is -2.35. The molecule has 2 fully saturated rings. The van der Waals surface area contributed by atoms with Gasteiger partial charge in [-0.05, 0) is 57.7 Å². The van der Waals surface area contributed by atoms with Crippen molar-refractivity contribution in [1.29, 1.82) is 0 Å². The number of aromatic nitrogens is 2. The third-order valence-electron chi connectivity index (χ3n) is 6.37. The molecule has 0 radical (unpaired) electrons. The van der Waals surface area contributed by atoms with Crippen molar-refractivity contribution in [2.24, 2.45) is 5.92 Å². The van der Waals surface area contributed by atoms with Gasteiger partial charge in [0, 0.05) is 44.0 Å². The number of aryl methyl sites for hydroxylation is 1. The second-order valence-electron chi connectivity index (χ2n) is 8.61. The fourth-order valence-corrected chi connectivity index (χ4v) is 4.60. The van der Waals surface area contributed by atoms with E-state index in [4.69, 9.17) is 4.74 Å². The van der Waals surface area contributed by atoms with Gasteiger partial charge in [-0.2, -0.15) is 0 Å². The predicted molar refractivity (Wildman–Crippen MR) is 112 cm³/mol. The number of nitrogens with one attached hydrogen (secondary N) is 1. The van der Waals surface area contributed by atoms with Gasteiger partial charge in [0.05, 0.1) is 18.1 Å². The largest absolute Gasteiger partial charge is 0.377 e. The molecule has 0 spiro atoms. The molecule has 2 saturated heterocycles. The summed E-state index contributed by atoms with van der Waals surface area (Å²) in [5, 5.41) is 0. The third kappa shape index (κ3) is 5.65. The fraction of sp³-hybridized carbons (Fsp3) is 0.609. The minimum absolute atomic E-state index is 0.0910. The number of likely N-dealkylation sites (tertiary alicyclic amines) is 1. The molecular formula is C23H33FN4O. The Morgan fingerprint density at radius 2 is 2.03 bits per heavy atom. The Kier molecular flexibility index (Phi) is 6.95. The molecule has 0 bridgehead atoms. The van der Waals surface area contributed by atoms with Crippen LogP contribution in [0.1, 0.15) is 42.6 Å². The Morgan fingerprint density at radius 1 is 1.21 bits per heavy atom. The van der Waals surface area contributed by atoms with E-state index in [2.05, 4.69) is 26.7 Å². The highest BCUT2D eigenvalue weighted by Gasteiger charge is 2.25. The number of imidazole rings is 1. The summed E-state index contributed by atoms with van der Waals surface area (Å²) >= 11 is 0. The van der Waals surface area contributed by atoms with Crippen molar-refractivity contribution in [2.45, 2.75) is 51.8 Å². The first-order chi connectivity index (χ1) is 14.2. The lowest BCUT2D eigenvalue weighted by molar-refractivity contribution is 0.0564.